The fourth-order valence-corrected chi connectivity index (χ4v) is 1.76. The third kappa shape index (κ3) is 6.37. The Bertz CT molecular complexity index is 460. The molecule has 0 aliphatic carbocycles. The maximum absolute atomic E-state index is 11.8. The maximum atomic E-state index is 11.8. The van der Waals surface area contributed by atoms with E-state index in [1.165, 1.54) is 0 Å². The largest absolute Gasteiger partial charge is 0.385 e. The number of nitrogens with two attached hydrogens (primary N) is 1. The number of carbonyl (C=O) groups is 2. The second kappa shape index (κ2) is 9.10. The lowest BCUT2D eigenvalue weighted by Crippen LogP contribution is -2.36. The first-order chi connectivity index (χ1) is 10.1. The van der Waals surface area contributed by atoms with Crippen LogP contribution in [-0.4, -0.2) is 38.1 Å². The Morgan fingerprint density at radius 2 is 1.95 bits per heavy atom. The van der Waals surface area contributed by atoms with Gasteiger partial charge in [0.2, 0.25) is 11.8 Å². The molecule has 0 bridgehead atoms. The van der Waals surface area contributed by atoms with Gasteiger partial charge in [0.15, 0.2) is 0 Å². The van der Waals surface area contributed by atoms with Crippen LogP contribution < -0.4 is 16.4 Å². The van der Waals surface area contributed by atoms with Crippen molar-refractivity contribution >= 4 is 17.5 Å². The van der Waals surface area contributed by atoms with Gasteiger partial charge in [0, 0.05) is 25.9 Å². The van der Waals surface area contributed by atoms with Crippen molar-refractivity contribution in [3.05, 3.63) is 29.8 Å². The average Bonchev–Trinajstić information content (AvgIpc) is 2.47. The summed E-state index contributed by atoms with van der Waals surface area (Å²) in [7, 11) is 1.57. The van der Waals surface area contributed by atoms with Crippen LogP contribution in [0.4, 0.5) is 5.69 Å². The zero-order valence-corrected chi connectivity index (χ0v) is 12.5. The number of methoxy groups -OCH3 is 1. The van der Waals surface area contributed by atoms with E-state index in [0.717, 1.165) is 5.56 Å². The monoisotopic (exact) mass is 293 g/mol. The summed E-state index contributed by atoms with van der Waals surface area (Å²) in [6, 6.07) is 6.54. The first-order valence-corrected chi connectivity index (χ1v) is 6.97. The van der Waals surface area contributed by atoms with Gasteiger partial charge in [-0.2, -0.15) is 0 Å². The molecular weight excluding hydrogens is 270 g/mol. The van der Waals surface area contributed by atoms with E-state index in [4.69, 9.17) is 10.5 Å². The summed E-state index contributed by atoms with van der Waals surface area (Å²) in [4.78, 5) is 23.3. The van der Waals surface area contributed by atoms with Gasteiger partial charge in [0.1, 0.15) is 0 Å². The van der Waals surface area contributed by atoms with Crippen LogP contribution in [0.25, 0.3) is 0 Å². The zero-order valence-electron chi connectivity index (χ0n) is 12.5. The highest BCUT2D eigenvalue weighted by molar-refractivity contribution is 5.94. The van der Waals surface area contributed by atoms with E-state index in [9.17, 15) is 9.59 Å². The highest BCUT2D eigenvalue weighted by atomic mass is 16.5. The van der Waals surface area contributed by atoms with Crippen LogP contribution in [-0.2, 0) is 20.7 Å². The maximum Gasteiger partial charge on any atom is 0.241 e. The van der Waals surface area contributed by atoms with E-state index in [-0.39, 0.29) is 11.8 Å². The van der Waals surface area contributed by atoms with Crippen LogP contribution in [0, 0.1) is 0 Å². The molecule has 0 aliphatic rings. The number of anilines is 1. The van der Waals surface area contributed by atoms with E-state index < -0.39 is 6.04 Å². The topological polar surface area (TPSA) is 93.5 Å². The SMILES string of the molecule is CCNC(=O)Cc1ccc(NC(=O)C(N)CCOC)cc1. The van der Waals surface area contributed by atoms with Crippen LogP contribution in [0.1, 0.15) is 18.9 Å². The molecule has 1 aromatic rings. The van der Waals surface area contributed by atoms with Gasteiger partial charge in [-0.1, -0.05) is 12.1 Å². The number of amides is 2. The number of hydrogen-bond acceptors (Lipinski definition) is 4. The molecule has 0 radical (unpaired) electrons. The van der Waals surface area contributed by atoms with Gasteiger partial charge in [-0.3, -0.25) is 9.59 Å². The third-order valence-electron chi connectivity index (χ3n) is 2.93. The lowest BCUT2D eigenvalue weighted by Gasteiger charge is -2.12. The highest BCUT2D eigenvalue weighted by Gasteiger charge is 2.13. The Balaban J connectivity index is 2.50. The van der Waals surface area contributed by atoms with E-state index in [2.05, 4.69) is 10.6 Å². The molecule has 116 valence electrons. The Labute approximate surface area is 125 Å². The average molecular weight is 293 g/mol. The number of hydrogen-bond donors (Lipinski definition) is 3. The number of rotatable bonds is 8. The molecule has 1 atom stereocenters. The number of benzene rings is 1. The van der Waals surface area contributed by atoms with E-state index in [1.54, 1.807) is 19.2 Å². The van der Waals surface area contributed by atoms with Crippen molar-refractivity contribution in [3.63, 3.8) is 0 Å². The molecule has 0 fully saturated rings. The van der Waals surface area contributed by atoms with Gasteiger partial charge in [0.05, 0.1) is 12.5 Å². The van der Waals surface area contributed by atoms with Crippen molar-refractivity contribution in [1.29, 1.82) is 0 Å². The Kier molecular flexibility index (Phi) is 7.42. The Hall–Kier alpha value is -1.92. The predicted octanol–water partition coefficient (Wildman–Crippen LogP) is 0.668. The van der Waals surface area contributed by atoms with Gasteiger partial charge in [-0.15, -0.1) is 0 Å². The van der Waals surface area contributed by atoms with Crippen LogP contribution in [0.15, 0.2) is 24.3 Å². The van der Waals surface area contributed by atoms with E-state index in [1.807, 2.05) is 19.1 Å². The number of carbonyl (C=O) groups excluding carboxylic acids is 2. The summed E-state index contributed by atoms with van der Waals surface area (Å²) >= 11 is 0. The van der Waals surface area contributed by atoms with Crippen molar-refractivity contribution < 1.29 is 14.3 Å². The second-order valence-corrected chi connectivity index (χ2v) is 4.70. The molecule has 1 aromatic carbocycles. The number of nitrogens with one attached hydrogen (secondary N) is 2. The second-order valence-electron chi connectivity index (χ2n) is 4.70. The first-order valence-electron chi connectivity index (χ1n) is 6.97. The fraction of sp³-hybridized carbons (Fsp3) is 0.467. The van der Waals surface area contributed by atoms with Crippen molar-refractivity contribution in [2.75, 3.05) is 25.6 Å². The minimum absolute atomic E-state index is 0.0177. The molecule has 4 N–H and O–H groups in total. The van der Waals surface area contributed by atoms with Crippen LogP contribution >= 0.6 is 0 Å². The van der Waals surface area contributed by atoms with Crippen molar-refractivity contribution in [2.45, 2.75) is 25.8 Å². The molecule has 0 spiro atoms. The number of likely N-dealkylation sites (N-methyl/N-ethyl adjacent to an activating group) is 1. The fourth-order valence-electron chi connectivity index (χ4n) is 1.76. The molecule has 21 heavy (non-hydrogen) atoms. The zero-order chi connectivity index (χ0) is 15.7. The molecule has 6 nitrogen and oxygen atoms in total. The summed E-state index contributed by atoms with van der Waals surface area (Å²) < 4.78 is 4.89. The van der Waals surface area contributed by atoms with E-state index >= 15 is 0 Å². The minimum atomic E-state index is -0.597. The standard InChI is InChI=1S/C15H23N3O3/c1-3-17-14(19)10-11-4-6-12(7-5-11)18-15(20)13(16)8-9-21-2/h4-7,13H,3,8-10,16H2,1-2H3,(H,17,19)(H,18,20). The molecule has 0 aromatic heterocycles. The number of ether oxygens (including phenoxy) is 1. The van der Waals surface area contributed by atoms with Crippen molar-refractivity contribution in [1.82, 2.24) is 5.32 Å². The smallest absolute Gasteiger partial charge is 0.241 e. The summed E-state index contributed by atoms with van der Waals surface area (Å²) in [6.07, 6.45) is 0.799. The van der Waals surface area contributed by atoms with E-state index in [0.29, 0.717) is 31.7 Å². The predicted molar refractivity (Wildman–Crippen MR) is 81.9 cm³/mol. The van der Waals surface area contributed by atoms with Crippen molar-refractivity contribution in [3.8, 4) is 0 Å². The normalized spacial score (nSPS) is 11.8. The molecular formula is C15H23N3O3. The quantitative estimate of drug-likeness (QED) is 0.656. The van der Waals surface area contributed by atoms with Crippen molar-refractivity contribution in [2.24, 2.45) is 5.73 Å². The molecule has 6 heteroatoms. The molecule has 0 saturated heterocycles. The highest BCUT2D eigenvalue weighted by Crippen LogP contribution is 2.10. The van der Waals surface area contributed by atoms with Gasteiger partial charge >= 0.3 is 0 Å². The summed E-state index contributed by atoms with van der Waals surface area (Å²) in [5, 5.41) is 5.47. The molecule has 2 amide bonds. The lowest BCUT2D eigenvalue weighted by atomic mass is 10.1. The molecule has 0 aliphatic heterocycles. The summed E-state index contributed by atoms with van der Waals surface area (Å²) in [5.41, 5.74) is 7.29. The Morgan fingerprint density at radius 1 is 1.29 bits per heavy atom. The van der Waals surface area contributed by atoms with Crippen LogP contribution in [0.5, 0.6) is 0 Å². The molecule has 1 rings (SSSR count). The Morgan fingerprint density at radius 3 is 2.52 bits per heavy atom. The van der Waals surface area contributed by atoms with Crippen LogP contribution in [0.2, 0.25) is 0 Å². The van der Waals surface area contributed by atoms with Gasteiger partial charge in [-0.05, 0) is 31.0 Å². The molecule has 0 heterocycles. The van der Waals surface area contributed by atoms with Gasteiger partial charge < -0.3 is 21.1 Å². The summed E-state index contributed by atoms with van der Waals surface area (Å²) in [6.45, 7) is 2.94. The third-order valence-corrected chi connectivity index (χ3v) is 2.93. The van der Waals surface area contributed by atoms with Gasteiger partial charge in [-0.25, -0.2) is 0 Å². The molecule has 1 unspecified atom stereocenters. The minimum Gasteiger partial charge on any atom is -0.385 e. The van der Waals surface area contributed by atoms with Gasteiger partial charge in [0.25, 0.3) is 0 Å². The van der Waals surface area contributed by atoms with Crippen LogP contribution in [0.3, 0.4) is 0 Å². The first kappa shape index (κ1) is 17.1. The molecule has 0 saturated carbocycles. The summed E-state index contributed by atoms with van der Waals surface area (Å²) in [5.74, 6) is -0.264. The lowest BCUT2D eigenvalue weighted by molar-refractivity contribution is -0.120.